The lowest BCUT2D eigenvalue weighted by Gasteiger charge is -2.21. The van der Waals surface area contributed by atoms with E-state index in [1.54, 1.807) is 27.7 Å². The van der Waals surface area contributed by atoms with Crippen LogP contribution in [0.15, 0.2) is 22.7 Å². The molecule has 0 radical (unpaired) electrons. The van der Waals surface area contributed by atoms with E-state index < -0.39 is 20.7 Å². The quantitative estimate of drug-likeness (QED) is 0.833. The third-order valence-corrected chi connectivity index (χ3v) is 5.29. The topological polar surface area (TPSA) is 72.5 Å². The van der Waals surface area contributed by atoms with Gasteiger partial charge >= 0.3 is 5.97 Å². The van der Waals surface area contributed by atoms with E-state index in [0.717, 1.165) is 0 Å². The highest BCUT2D eigenvalue weighted by Gasteiger charge is 2.29. The first-order valence-corrected chi connectivity index (χ1v) is 8.35. The van der Waals surface area contributed by atoms with Crippen LogP contribution in [0.5, 0.6) is 0 Å². The first kappa shape index (κ1) is 17.0. The van der Waals surface area contributed by atoms with Crippen LogP contribution in [-0.4, -0.2) is 25.7 Å². The van der Waals surface area contributed by atoms with Gasteiger partial charge < -0.3 is 4.74 Å². The molecule has 0 spiro atoms. The number of benzene rings is 1. The third-order valence-electron chi connectivity index (χ3n) is 2.53. The summed E-state index contributed by atoms with van der Waals surface area (Å²) in [6.45, 7) is 6.83. The molecule has 0 fully saturated rings. The van der Waals surface area contributed by atoms with Gasteiger partial charge in [0, 0.05) is 4.47 Å². The number of rotatable bonds is 4. The summed E-state index contributed by atoms with van der Waals surface area (Å²) in [6.07, 6.45) is 0. The Morgan fingerprint density at radius 1 is 1.35 bits per heavy atom. The molecule has 0 aliphatic heterocycles. The molecule has 0 atom stereocenters. The highest BCUT2D eigenvalue weighted by Crippen LogP contribution is 2.27. The minimum atomic E-state index is -3.51. The number of hydrogen-bond acceptors (Lipinski definition) is 4. The molecule has 20 heavy (non-hydrogen) atoms. The SMILES string of the molecule is CCOC(=O)c1ccc(NS(=O)(=O)C(C)(C)C)c(Br)c1. The number of halogens is 1. The Bertz CT molecular complexity index is 605. The number of ether oxygens (including phenoxy) is 1. The molecule has 0 unspecified atom stereocenters. The predicted molar refractivity (Wildman–Crippen MR) is 82.4 cm³/mol. The van der Waals surface area contributed by atoms with Crippen molar-refractivity contribution < 1.29 is 17.9 Å². The van der Waals surface area contributed by atoms with Crippen LogP contribution in [0.25, 0.3) is 0 Å². The molecule has 1 aromatic rings. The summed E-state index contributed by atoms with van der Waals surface area (Å²) in [6, 6.07) is 4.57. The van der Waals surface area contributed by atoms with E-state index in [1.165, 1.54) is 18.2 Å². The molecular weight excluding hydrogens is 346 g/mol. The number of anilines is 1. The van der Waals surface area contributed by atoms with Crippen LogP contribution >= 0.6 is 15.9 Å². The van der Waals surface area contributed by atoms with E-state index in [4.69, 9.17) is 4.74 Å². The van der Waals surface area contributed by atoms with Crippen LogP contribution in [0.2, 0.25) is 0 Å². The maximum Gasteiger partial charge on any atom is 0.338 e. The van der Waals surface area contributed by atoms with Crippen molar-refractivity contribution in [2.75, 3.05) is 11.3 Å². The summed E-state index contributed by atoms with van der Waals surface area (Å²) in [5.74, 6) is -0.446. The average molecular weight is 364 g/mol. The van der Waals surface area contributed by atoms with Gasteiger partial charge in [0.2, 0.25) is 10.0 Å². The van der Waals surface area contributed by atoms with Crippen LogP contribution in [-0.2, 0) is 14.8 Å². The molecule has 0 bridgehead atoms. The Kier molecular flexibility index (Phi) is 5.21. The Balaban J connectivity index is 3.04. The molecule has 0 saturated carbocycles. The average Bonchev–Trinajstić information content (AvgIpc) is 2.30. The summed E-state index contributed by atoms with van der Waals surface area (Å²) >= 11 is 3.25. The standard InChI is InChI=1S/C13H18BrNO4S/c1-5-19-12(16)9-6-7-11(10(14)8-9)15-20(17,18)13(2,3)4/h6-8,15H,5H2,1-4H3. The van der Waals surface area contributed by atoms with Crippen molar-refractivity contribution in [3.05, 3.63) is 28.2 Å². The maximum absolute atomic E-state index is 12.1. The number of esters is 1. The van der Waals surface area contributed by atoms with E-state index in [1.807, 2.05) is 0 Å². The zero-order valence-electron chi connectivity index (χ0n) is 11.9. The molecule has 1 N–H and O–H groups in total. The fourth-order valence-corrected chi connectivity index (χ4v) is 2.62. The van der Waals surface area contributed by atoms with Gasteiger partial charge in [-0.15, -0.1) is 0 Å². The molecule has 1 aromatic carbocycles. The number of nitrogens with one attached hydrogen (secondary N) is 1. The molecule has 0 heterocycles. The van der Waals surface area contributed by atoms with Gasteiger partial charge in [0.05, 0.1) is 22.6 Å². The predicted octanol–water partition coefficient (Wildman–Crippen LogP) is 3.17. The summed E-state index contributed by atoms with van der Waals surface area (Å²) in [5, 5.41) is 0. The second kappa shape index (κ2) is 6.13. The van der Waals surface area contributed by atoms with Gasteiger partial charge in [-0.25, -0.2) is 13.2 Å². The van der Waals surface area contributed by atoms with Crippen molar-refractivity contribution in [2.24, 2.45) is 0 Å². The van der Waals surface area contributed by atoms with Gasteiger partial charge in [-0.05, 0) is 61.8 Å². The number of sulfonamides is 1. The van der Waals surface area contributed by atoms with Crippen LogP contribution in [0.1, 0.15) is 38.1 Å². The number of carbonyl (C=O) groups is 1. The third kappa shape index (κ3) is 3.96. The lowest BCUT2D eigenvalue weighted by atomic mass is 10.2. The van der Waals surface area contributed by atoms with Gasteiger partial charge in [-0.3, -0.25) is 4.72 Å². The first-order chi connectivity index (χ1) is 9.08. The summed E-state index contributed by atoms with van der Waals surface area (Å²) in [4.78, 5) is 11.6. The molecular formula is C13H18BrNO4S. The summed E-state index contributed by atoms with van der Waals surface area (Å²) in [7, 11) is -3.51. The minimum Gasteiger partial charge on any atom is -0.462 e. The van der Waals surface area contributed by atoms with Crippen molar-refractivity contribution in [1.29, 1.82) is 0 Å². The number of hydrogen-bond donors (Lipinski definition) is 1. The van der Waals surface area contributed by atoms with E-state index in [9.17, 15) is 13.2 Å². The van der Waals surface area contributed by atoms with Crippen LogP contribution < -0.4 is 4.72 Å². The van der Waals surface area contributed by atoms with Gasteiger partial charge in [-0.1, -0.05) is 0 Å². The largest absolute Gasteiger partial charge is 0.462 e. The lowest BCUT2D eigenvalue weighted by molar-refractivity contribution is 0.0526. The second-order valence-electron chi connectivity index (χ2n) is 5.13. The zero-order valence-corrected chi connectivity index (χ0v) is 14.3. The lowest BCUT2D eigenvalue weighted by Crippen LogP contribution is -2.33. The second-order valence-corrected chi connectivity index (χ2v) is 8.42. The summed E-state index contributed by atoms with van der Waals surface area (Å²) < 4.78 is 31.1. The van der Waals surface area contributed by atoms with E-state index in [2.05, 4.69) is 20.7 Å². The molecule has 0 aromatic heterocycles. The van der Waals surface area contributed by atoms with Gasteiger partial charge in [0.15, 0.2) is 0 Å². The minimum absolute atomic E-state index is 0.287. The molecule has 7 heteroatoms. The highest BCUT2D eigenvalue weighted by molar-refractivity contribution is 9.10. The van der Waals surface area contributed by atoms with E-state index in [-0.39, 0.29) is 6.61 Å². The van der Waals surface area contributed by atoms with Gasteiger partial charge in [0.1, 0.15) is 0 Å². The van der Waals surface area contributed by atoms with Crippen molar-refractivity contribution >= 4 is 37.6 Å². The van der Waals surface area contributed by atoms with Crippen LogP contribution in [0.3, 0.4) is 0 Å². The van der Waals surface area contributed by atoms with E-state index in [0.29, 0.717) is 15.7 Å². The summed E-state index contributed by atoms with van der Waals surface area (Å²) in [5.41, 5.74) is 0.741. The van der Waals surface area contributed by atoms with Crippen molar-refractivity contribution in [3.63, 3.8) is 0 Å². The Hall–Kier alpha value is -1.08. The van der Waals surface area contributed by atoms with Crippen molar-refractivity contribution in [1.82, 2.24) is 0 Å². The molecule has 5 nitrogen and oxygen atoms in total. The number of carbonyl (C=O) groups excluding carboxylic acids is 1. The van der Waals surface area contributed by atoms with Crippen molar-refractivity contribution in [3.8, 4) is 0 Å². The zero-order chi connectivity index (χ0) is 15.6. The van der Waals surface area contributed by atoms with Gasteiger partial charge in [0.25, 0.3) is 0 Å². The maximum atomic E-state index is 12.1. The normalized spacial score (nSPS) is 12.1. The van der Waals surface area contributed by atoms with Crippen LogP contribution in [0.4, 0.5) is 5.69 Å². The first-order valence-electron chi connectivity index (χ1n) is 6.07. The molecule has 1 rings (SSSR count). The van der Waals surface area contributed by atoms with Gasteiger partial charge in [-0.2, -0.15) is 0 Å². The molecule has 0 aliphatic rings. The Morgan fingerprint density at radius 3 is 2.40 bits per heavy atom. The monoisotopic (exact) mass is 363 g/mol. The highest BCUT2D eigenvalue weighted by atomic mass is 79.9. The Morgan fingerprint density at radius 2 is 1.95 bits per heavy atom. The smallest absolute Gasteiger partial charge is 0.338 e. The molecule has 112 valence electrons. The van der Waals surface area contributed by atoms with Crippen molar-refractivity contribution in [2.45, 2.75) is 32.4 Å². The fraction of sp³-hybridized carbons (Fsp3) is 0.462. The fourth-order valence-electron chi connectivity index (χ4n) is 1.24. The molecule has 0 amide bonds. The van der Waals surface area contributed by atoms with Crippen LogP contribution in [0, 0.1) is 0 Å². The molecule has 0 saturated heterocycles. The molecule has 0 aliphatic carbocycles. The Labute approximate surface area is 127 Å². The van der Waals surface area contributed by atoms with E-state index >= 15 is 0 Å².